The van der Waals surface area contributed by atoms with E-state index in [2.05, 4.69) is 23.3 Å². The Hall–Kier alpha value is -1.97. The van der Waals surface area contributed by atoms with E-state index in [1.165, 1.54) is 11.1 Å². The van der Waals surface area contributed by atoms with E-state index in [1.807, 2.05) is 26.0 Å². The van der Waals surface area contributed by atoms with Crippen molar-refractivity contribution in [3.8, 4) is 5.75 Å². The smallest absolute Gasteiger partial charge is 0.315 e. The van der Waals surface area contributed by atoms with Crippen LogP contribution in [0.3, 0.4) is 0 Å². The Balaban J connectivity index is 2.25. The predicted octanol–water partition coefficient (Wildman–Crippen LogP) is 2.17. The number of hydrogen-bond donors (Lipinski definition) is 2. The van der Waals surface area contributed by atoms with E-state index >= 15 is 0 Å². The van der Waals surface area contributed by atoms with Gasteiger partial charge in [0, 0.05) is 6.54 Å². The molecule has 0 atom stereocenters. The van der Waals surface area contributed by atoms with Gasteiger partial charge < -0.3 is 15.4 Å². The summed E-state index contributed by atoms with van der Waals surface area (Å²) < 4.78 is 5.56. The Labute approximate surface area is 108 Å². The highest BCUT2D eigenvalue weighted by atomic mass is 16.5. The van der Waals surface area contributed by atoms with Crippen LogP contribution >= 0.6 is 0 Å². The van der Waals surface area contributed by atoms with Gasteiger partial charge in [0.25, 0.3) is 0 Å². The first-order valence-electron chi connectivity index (χ1n) is 5.95. The van der Waals surface area contributed by atoms with Gasteiger partial charge in [-0.2, -0.15) is 0 Å². The minimum absolute atomic E-state index is 0.209. The van der Waals surface area contributed by atoms with E-state index in [0.717, 1.165) is 5.75 Å². The van der Waals surface area contributed by atoms with Gasteiger partial charge in [0.05, 0.1) is 6.54 Å². The fraction of sp³-hybridized carbons (Fsp3) is 0.357. The largest absolute Gasteiger partial charge is 0.492 e. The molecule has 1 aromatic rings. The summed E-state index contributed by atoms with van der Waals surface area (Å²) in [7, 11) is 0. The van der Waals surface area contributed by atoms with E-state index in [9.17, 15) is 4.79 Å². The number of ether oxygens (including phenoxy) is 1. The maximum absolute atomic E-state index is 11.2. The average molecular weight is 248 g/mol. The van der Waals surface area contributed by atoms with Gasteiger partial charge in [-0.25, -0.2) is 4.79 Å². The Morgan fingerprint density at radius 1 is 1.28 bits per heavy atom. The van der Waals surface area contributed by atoms with Crippen molar-refractivity contribution in [3.63, 3.8) is 0 Å². The topological polar surface area (TPSA) is 50.4 Å². The molecule has 18 heavy (non-hydrogen) atoms. The lowest BCUT2D eigenvalue weighted by Gasteiger charge is -2.09. The number of benzene rings is 1. The molecule has 4 nitrogen and oxygen atoms in total. The maximum atomic E-state index is 11.2. The van der Waals surface area contributed by atoms with Crippen LogP contribution in [-0.4, -0.2) is 25.7 Å². The highest BCUT2D eigenvalue weighted by Gasteiger charge is 1.99. The summed E-state index contributed by atoms with van der Waals surface area (Å²) in [5.74, 6) is 0.834. The zero-order chi connectivity index (χ0) is 13.4. The molecule has 0 fully saturated rings. The summed E-state index contributed by atoms with van der Waals surface area (Å²) in [4.78, 5) is 11.2. The molecule has 2 N–H and O–H groups in total. The highest BCUT2D eigenvalue weighted by Crippen LogP contribution is 2.15. The van der Waals surface area contributed by atoms with Crippen molar-refractivity contribution in [2.75, 3.05) is 19.7 Å². The molecule has 0 heterocycles. The zero-order valence-electron chi connectivity index (χ0n) is 11.0. The predicted molar refractivity (Wildman–Crippen MR) is 73.0 cm³/mol. The van der Waals surface area contributed by atoms with Crippen molar-refractivity contribution in [2.45, 2.75) is 13.8 Å². The van der Waals surface area contributed by atoms with E-state index in [1.54, 1.807) is 6.08 Å². The highest BCUT2D eigenvalue weighted by molar-refractivity contribution is 5.73. The van der Waals surface area contributed by atoms with Crippen molar-refractivity contribution in [1.82, 2.24) is 10.6 Å². The van der Waals surface area contributed by atoms with Crippen LogP contribution in [0.1, 0.15) is 11.1 Å². The van der Waals surface area contributed by atoms with Crippen LogP contribution in [0, 0.1) is 13.8 Å². The molecule has 2 amide bonds. The van der Waals surface area contributed by atoms with Gasteiger partial charge >= 0.3 is 6.03 Å². The van der Waals surface area contributed by atoms with Crippen LogP contribution in [0.25, 0.3) is 0 Å². The average Bonchev–Trinajstić information content (AvgIpc) is 2.31. The molecule has 4 heteroatoms. The van der Waals surface area contributed by atoms with E-state index in [-0.39, 0.29) is 6.03 Å². The zero-order valence-corrected chi connectivity index (χ0v) is 11.0. The molecule has 0 saturated heterocycles. The van der Waals surface area contributed by atoms with Crippen molar-refractivity contribution < 1.29 is 9.53 Å². The van der Waals surface area contributed by atoms with Crippen LogP contribution in [0.4, 0.5) is 4.79 Å². The summed E-state index contributed by atoms with van der Waals surface area (Å²) in [6, 6.07) is 5.84. The van der Waals surface area contributed by atoms with Crippen molar-refractivity contribution in [1.29, 1.82) is 0 Å². The normalized spacial score (nSPS) is 9.67. The van der Waals surface area contributed by atoms with Gasteiger partial charge in [0.1, 0.15) is 12.4 Å². The number of urea groups is 1. The lowest BCUT2D eigenvalue weighted by Crippen LogP contribution is -2.37. The molecule has 1 rings (SSSR count). The number of carbonyl (C=O) groups is 1. The second kappa shape index (κ2) is 7.37. The van der Waals surface area contributed by atoms with Crippen molar-refractivity contribution in [3.05, 3.63) is 42.0 Å². The first-order valence-corrected chi connectivity index (χ1v) is 5.95. The number of hydrogen-bond acceptors (Lipinski definition) is 2. The molecule has 1 aromatic carbocycles. The third kappa shape index (κ3) is 5.39. The third-order valence-electron chi connectivity index (χ3n) is 2.26. The Kier molecular flexibility index (Phi) is 5.77. The number of amides is 2. The Bertz CT molecular complexity index is 396. The minimum atomic E-state index is -0.209. The van der Waals surface area contributed by atoms with Crippen LogP contribution in [0.2, 0.25) is 0 Å². The molecule has 98 valence electrons. The lowest BCUT2D eigenvalue weighted by molar-refractivity contribution is 0.237. The fourth-order valence-corrected chi connectivity index (χ4v) is 1.58. The first-order chi connectivity index (χ1) is 8.61. The van der Waals surface area contributed by atoms with Crippen molar-refractivity contribution >= 4 is 6.03 Å². The fourth-order valence-electron chi connectivity index (χ4n) is 1.58. The van der Waals surface area contributed by atoms with Crippen LogP contribution in [-0.2, 0) is 0 Å². The van der Waals surface area contributed by atoms with Gasteiger partial charge in [-0.15, -0.1) is 6.58 Å². The van der Waals surface area contributed by atoms with Gasteiger partial charge in [-0.1, -0.05) is 12.1 Å². The number of aryl methyl sites for hydroxylation is 2. The summed E-state index contributed by atoms with van der Waals surface area (Å²) in [5.41, 5.74) is 2.34. The molecular formula is C14H20N2O2. The lowest BCUT2D eigenvalue weighted by atomic mass is 10.1. The molecule has 0 saturated carbocycles. The van der Waals surface area contributed by atoms with Gasteiger partial charge in [0.15, 0.2) is 0 Å². The molecule has 0 spiro atoms. The quantitative estimate of drug-likeness (QED) is 0.599. The van der Waals surface area contributed by atoms with Crippen LogP contribution in [0.5, 0.6) is 5.75 Å². The number of carbonyl (C=O) groups excluding carboxylic acids is 1. The number of rotatable bonds is 6. The second-order valence-electron chi connectivity index (χ2n) is 4.10. The summed E-state index contributed by atoms with van der Waals surface area (Å²) in [6.07, 6.45) is 1.63. The molecular weight excluding hydrogens is 228 g/mol. The molecule has 0 aliphatic rings. The monoisotopic (exact) mass is 248 g/mol. The SMILES string of the molecule is C=CCNC(=O)NCCOc1cc(C)cc(C)c1. The first kappa shape index (κ1) is 14.1. The molecule has 0 aliphatic carbocycles. The Morgan fingerprint density at radius 3 is 2.56 bits per heavy atom. The summed E-state index contributed by atoms with van der Waals surface area (Å²) in [5, 5.41) is 5.32. The molecule has 0 bridgehead atoms. The van der Waals surface area contributed by atoms with E-state index in [0.29, 0.717) is 19.7 Å². The molecule has 0 aromatic heterocycles. The van der Waals surface area contributed by atoms with Gasteiger partial charge in [-0.3, -0.25) is 0 Å². The molecule has 0 radical (unpaired) electrons. The second-order valence-corrected chi connectivity index (χ2v) is 4.10. The van der Waals surface area contributed by atoms with Gasteiger partial charge in [-0.05, 0) is 37.1 Å². The standard InChI is InChI=1S/C14H20N2O2/c1-4-5-15-14(17)16-6-7-18-13-9-11(2)8-12(3)10-13/h4,8-10H,1,5-7H2,2-3H3,(H2,15,16,17). The molecule has 0 aliphatic heterocycles. The van der Waals surface area contributed by atoms with E-state index in [4.69, 9.17) is 4.74 Å². The van der Waals surface area contributed by atoms with Crippen LogP contribution in [0.15, 0.2) is 30.9 Å². The minimum Gasteiger partial charge on any atom is -0.492 e. The summed E-state index contributed by atoms with van der Waals surface area (Å²) in [6.45, 7) is 8.95. The third-order valence-corrected chi connectivity index (χ3v) is 2.26. The summed E-state index contributed by atoms with van der Waals surface area (Å²) >= 11 is 0. The maximum Gasteiger partial charge on any atom is 0.315 e. The molecule has 0 unspecified atom stereocenters. The Morgan fingerprint density at radius 2 is 1.94 bits per heavy atom. The van der Waals surface area contributed by atoms with Crippen molar-refractivity contribution in [2.24, 2.45) is 0 Å². The van der Waals surface area contributed by atoms with E-state index < -0.39 is 0 Å². The van der Waals surface area contributed by atoms with Crippen LogP contribution < -0.4 is 15.4 Å². The number of nitrogens with one attached hydrogen (secondary N) is 2. The van der Waals surface area contributed by atoms with Gasteiger partial charge in [0.2, 0.25) is 0 Å².